The Kier molecular flexibility index (Phi) is 6.01. The van der Waals surface area contributed by atoms with Crippen molar-refractivity contribution in [2.45, 2.75) is 32.9 Å². The van der Waals surface area contributed by atoms with Crippen LogP contribution in [0.25, 0.3) is 5.69 Å². The lowest BCUT2D eigenvalue weighted by atomic mass is 9.95. The molecular formula is C21H24FN5OS. The molecule has 3 heterocycles. The first kappa shape index (κ1) is 19.7. The number of aromatic nitrogens is 3. The van der Waals surface area contributed by atoms with Crippen LogP contribution in [0.5, 0.6) is 0 Å². The van der Waals surface area contributed by atoms with Gasteiger partial charge in [-0.05, 0) is 50.6 Å². The average molecular weight is 414 g/mol. The minimum absolute atomic E-state index is 0.0125. The molecule has 1 aliphatic heterocycles. The Morgan fingerprint density at radius 3 is 2.83 bits per heavy atom. The number of rotatable bonds is 6. The number of benzene rings is 1. The summed E-state index contributed by atoms with van der Waals surface area (Å²) >= 11 is 1.67. The molecule has 8 heteroatoms. The number of likely N-dealkylation sites (tertiary alicyclic amines) is 1. The fourth-order valence-corrected chi connectivity index (χ4v) is 4.27. The summed E-state index contributed by atoms with van der Waals surface area (Å²) in [5.74, 6) is -0.271. The maximum absolute atomic E-state index is 14.3. The van der Waals surface area contributed by atoms with Crippen molar-refractivity contribution in [2.24, 2.45) is 5.92 Å². The number of thiazole rings is 1. The van der Waals surface area contributed by atoms with Gasteiger partial charge in [0.2, 0.25) is 5.91 Å². The van der Waals surface area contributed by atoms with Crippen LogP contribution >= 0.6 is 11.3 Å². The molecule has 0 unspecified atom stereocenters. The molecular weight excluding hydrogens is 389 g/mol. The average Bonchev–Trinajstić information content (AvgIpc) is 3.39. The molecule has 0 bridgehead atoms. The van der Waals surface area contributed by atoms with Crippen LogP contribution in [0.1, 0.15) is 29.1 Å². The van der Waals surface area contributed by atoms with Crippen molar-refractivity contribution >= 4 is 17.2 Å². The van der Waals surface area contributed by atoms with Crippen LogP contribution in [-0.4, -0.2) is 38.4 Å². The zero-order valence-corrected chi connectivity index (χ0v) is 17.2. The number of piperidine rings is 1. The van der Waals surface area contributed by atoms with Crippen molar-refractivity contribution in [3.63, 3.8) is 0 Å². The van der Waals surface area contributed by atoms with Crippen LogP contribution in [0.3, 0.4) is 0 Å². The first-order valence-electron chi connectivity index (χ1n) is 9.76. The molecule has 0 saturated carbocycles. The lowest BCUT2D eigenvalue weighted by Crippen LogP contribution is -2.40. The molecule has 1 fully saturated rings. The monoisotopic (exact) mass is 413 g/mol. The fraction of sp³-hybridized carbons (Fsp3) is 0.381. The third-order valence-corrected chi connectivity index (χ3v) is 6.09. The van der Waals surface area contributed by atoms with E-state index in [9.17, 15) is 9.18 Å². The Labute approximate surface area is 173 Å². The second kappa shape index (κ2) is 8.84. The number of nitrogens with one attached hydrogen (secondary N) is 1. The summed E-state index contributed by atoms with van der Waals surface area (Å²) in [4.78, 5) is 23.3. The maximum Gasteiger partial charge on any atom is 0.223 e. The molecule has 0 radical (unpaired) electrons. The summed E-state index contributed by atoms with van der Waals surface area (Å²) in [6.45, 7) is 4.98. The zero-order chi connectivity index (χ0) is 20.2. The molecule has 152 valence electrons. The molecule has 4 rings (SSSR count). The highest BCUT2D eigenvalue weighted by molar-refractivity contribution is 7.09. The van der Waals surface area contributed by atoms with Crippen molar-refractivity contribution in [3.8, 4) is 5.69 Å². The first-order valence-corrected chi connectivity index (χ1v) is 10.6. The number of carbonyl (C=O) groups excluding carboxylic acids is 1. The van der Waals surface area contributed by atoms with Gasteiger partial charge in [-0.3, -0.25) is 9.69 Å². The van der Waals surface area contributed by atoms with Gasteiger partial charge in [0, 0.05) is 36.8 Å². The summed E-state index contributed by atoms with van der Waals surface area (Å²) in [7, 11) is 0. The Morgan fingerprint density at radius 2 is 2.17 bits per heavy atom. The number of halogens is 1. The number of hydrogen-bond acceptors (Lipinski definition) is 5. The molecule has 6 nitrogen and oxygen atoms in total. The Hall–Kier alpha value is -2.58. The number of aryl methyl sites for hydroxylation is 1. The quantitative estimate of drug-likeness (QED) is 0.674. The lowest BCUT2D eigenvalue weighted by molar-refractivity contribution is -0.126. The Balaban J connectivity index is 1.25. The predicted molar refractivity (Wildman–Crippen MR) is 110 cm³/mol. The molecule has 1 N–H and O–H groups in total. The molecule has 0 aliphatic carbocycles. The van der Waals surface area contributed by atoms with Gasteiger partial charge in [0.25, 0.3) is 0 Å². The van der Waals surface area contributed by atoms with Gasteiger partial charge < -0.3 is 9.88 Å². The van der Waals surface area contributed by atoms with E-state index in [1.54, 1.807) is 40.7 Å². The van der Waals surface area contributed by atoms with Crippen molar-refractivity contribution in [2.75, 3.05) is 13.1 Å². The van der Waals surface area contributed by atoms with E-state index in [4.69, 9.17) is 0 Å². The number of amides is 1. The SMILES string of the molecule is Cc1nc(CN2CCC(C(=O)NCc3ccc(-n4ccnc4)c(F)c3)CC2)cs1. The smallest absolute Gasteiger partial charge is 0.223 e. The van der Waals surface area contributed by atoms with Crippen molar-refractivity contribution < 1.29 is 9.18 Å². The Morgan fingerprint density at radius 1 is 1.34 bits per heavy atom. The second-order valence-electron chi connectivity index (χ2n) is 7.38. The highest BCUT2D eigenvalue weighted by Gasteiger charge is 2.25. The van der Waals surface area contributed by atoms with Gasteiger partial charge in [-0.25, -0.2) is 14.4 Å². The van der Waals surface area contributed by atoms with Crippen LogP contribution in [0.4, 0.5) is 4.39 Å². The number of carbonyl (C=O) groups is 1. The van der Waals surface area contributed by atoms with E-state index >= 15 is 0 Å². The minimum atomic E-state index is -0.333. The van der Waals surface area contributed by atoms with Crippen LogP contribution < -0.4 is 5.32 Å². The van der Waals surface area contributed by atoms with E-state index in [1.807, 2.05) is 13.0 Å². The lowest BCUT2D eigenvalue weighted by Gasteiger charge is -2.30. The van der Waals surface area contributed by atoms with Crippen LogP contribution in [0.15, 0.2) is 42.3 Å². The van der Waals surface area contributed by atoms with Gasteiger partial charge >= 0.3 is 0 Å². The third kappa shape index (κ3) is 4.89. The molecule has 3 aromatic rings. The van der Waals surface area contributed by atoms with E-state index in [2.05, 4.69) is 25.6 Å². The third-order valence-electron chi connectivity index (χ3n) is 5.27. The van der Waals surface area contributed by atoms with E-state index in [0.29, 0.717) is 12.2 Å². The molecule has 2 aromatic heterocycles. The maximum atomic E-state index is 14.3. The number of imidazole rings is 1. The largest absolute Gasteiger partial charge is 0.352 e. The summed E-state index contributed by atoms with van der Waals surface area (Å²) in [5, 5.41) is 6.15. The molecule has 29 heavy (non-hydrogen) atoms. The summed E-state index contributed by atoms with van der Waals surface area (Å²) in [6, 6.07) is 5.00. The van der Waals surface area contributed by atoms with Crippen molar-refractivity contribution in [3.05, 3.63) is 64.4 Å². The highest BCUT2D eigenvalue weighted by Crippen LogP contribution is 2.20. The van der Waals surface area contributed by atoms with Gasteiger partial charge in [-0.2, -0.15) is 0 Å². The molecule has 0 atom stereocenters. The Bertz CT molecular complexity index is 963. The van der Waals surface area contributed by atoms with E-state index in [-0.39, 0.29) is 17.6 Å². The highest BCUT2D eigenvalue weighted by atomic mass is 32.1. The van der Waals surface area contributed by atoms with Crippen molar-refractivity contribution in [1.82, 2.24) is 24.8 Å². The molecule has 1 amide bonds. The van der Waals surface area contributed by atoms with Gasteiger partial charge in [0.15, 0.2) is 0 Å². The molecule has 1 aliphatic rings. The second-order valence-corrected chi connectivity index (χ2v) is 8.44. The van der Waals surface area contributed by atoms with Crippen LogP contribution in [0, 0.1) is 18.7 Å². The van der Waals surface area contributed by atoms with E-state index < -0.39 is 0 Å². The summed E-state index contributed by atoms with van der Waals surface area (Å²) in [6.07, 6.45) is 6.53. The number of hydrogen-bond donors (Lipinski definition) is 1. The molecule has 1 aromatic carbocycles. The van der Waals surface area contributed by atoms with Crippen molar-refractivity contribution in [1.29, 1.82) is 0 Å². The van der Waals surface area contributed by atoms with E-state index in [1.165, 1.54) is 6.07 Å². The standard InChI is InChI=1S/C21H24FN5OS/c1-15-25-18(13-29-15)12-26-7-4-17(5-8-26)21(28)24-11-16-2-3-20(19(22)10-16)27-9-6-23-14-27/h2-3,6,9-10,13-14,17H,4-5,7-8,11-12H2,1H3,(H,24,28). The number of nitrogens with zero attached hydrogens (tertiary/aromatic N) is 4. The first-order chi connectivity index (χ1) is 14.1. The van der Waals surface area contributed by atoms with Gasteiger partial charge in [0.05, 0.1) is 22.7 Å². The van der Waals surface area contributed by atoms with E-state index in [0.717, 1.165) is 48.7 Å². The molecule has 1 saturated heterocycles. The zero-order valence-electron chi connectivity index (χ0n) is 16.3. The normalized spacial score (nSPS) is 15.5. The summed E-state index contributed by atoms with van der Waals surface area (Å²) < 4.78 is 16.0. The minimum Gasteiger partial charge on any atom is -0.352 e. The summed E-state index contributed by atoms with van der Waals surface area (Å²) in [5.41, 5.74) is 2.30. The van der Waals surface area contributed by atoms with Crippen LogP contribution in [0.2, 0.25) is 0 Å². The predicted octanol–water partition coefficient (Wildman–Crippen LogP) is 3.30. The van der Waals surface area contributed by atoms with Crippen LogP contribution in [-0.2, 0) is 17.9 Å². The van der Waals surface area contributed by atoms with Gasteiger partial charge in [-0.1, -0.05) is 6.07 Å². The topological polar surface area (TPSA) is 63.1 Å². The fourth-order valence-electron chi connectivity index (χ4n) is 3.67. The van der Waals surface area contributed by atoms with Gasteiger partial charge in [-0.15, -0.1) is 11.3 Å². The van der Waals surface area contributed by atoms with Gasteiger partial charge in [0.1, 0.15) is 5.82 Å². The molecule has 0 spiro atoms.